The fraction of sp³-hybridized carbons (Fsp3) is 1.00. The van der Waals surface area contributed by atoms with E-state index in [1.54, 1.807) is 44.9 Å². The smallest absolute Gasteiger partial charge is 0.00461 e. The summed E-state index contributed by atoms with van der Waals surface area (Å²) in [7, 11) is 0. The Bertz CT molecular complexity index is 261. The average molecular weight is 219 g/mol. The van der Waals surface area contributed by atoms with Crippen LogP contribution in [0.5, 0.6) is 0 Å². The van der Waals surface area contributed by atoms with Gasteiger partial charge in [0.05, 0.1) is 0 Å². The highest BCUT2D eigenvalue weighted by Crippen LogP contribution is 2.64. The van der Waals surface area contributed by atoms with Gasteiger partial charge >= 0.3 is 0 Å². The molecule has 1 heteroatoms. The quantitative estimate of drug-likeness (QED) is 0.775. The summed E-state index contributed by atoms with van der Waals surface area (Å²) < 4.78 is 0. The molecular formula is C15H25N. The largest absolute Gasteiger partial charge is 0.330 e. The molecule has 2 N–H and O–H groups in total. The molecule has 0 amide bonds. The third-order valence-electron chi connectivity index (χ3n) is 6.23. The van der Waals surface area contributed by atoms with Crippen molar-refractivity contribution in [2.45, 2.75) is 51.4 Å². The van der Waals surface area contributed by atoms with Crippen molar-refractivity contribution in [3.05, 3.63) is 0 Å². The van der Waals surface area contributed by atoms with E-state index in [2.05, 4.69) is 0 Å². The monoisotopic (exact) mass is 219 g/mol. The van der Waals surface area contributed by atoms with E-state index in [1.807, 2.05) is 0 Å². The Morgan fingerprint density at radius 2 is 1.38 bits per heavy atom. The second kappa shape index (κ2) is 3.25. The number of rotatable bonds is 3. The van der Waals surface area contributed by atoms with E-state index < -0.39 is 0 Å². The summed E-state index contributed by atoms with van der Waals surface area (Å²) in [5, 5.41) is 0. The first-order valence-electron chi connectivity index (χ1n) is 7.46. The zero-order valence-corrected chi connectivity index (χ0v) is 10.3. The molecule has 5 fully saturated rings. The van der Waals surface area contributed by atoms with Crippen molar-refractivity contribution in [2.24, 2.45) is 40.7 Å². The molecule has 0 heterocycles. The van der Waals surface area contributed by atoms with E-state index in [1.165, 1.54) is 6.42 Å². The van der Waals surface area contributed by atoms with Crippen molar-refractivity contribution in [1.82, 2.24) is 0 Å². The molecule has 0 radical (unpaired) electrons. The van der Waals surface area contributed by atoms with Gasteiger partial charge in [0.2, 0.25) is 0 Å². The van der Waals surface area contributed by atoms with Gasteiger partial charge in [-0.25, -0.2) is 0 Å². The van der Waals surface area contributed by atoms with Crippen LogP contribution in [0.4, 0.5) is 0 Å². The first-order valence-corrected chi connectivity index (χ1v) is 7.46. The van der Waals surface area contributed by atoms with Crippen LogP contribution in [0.15, 0.2) is 0 Å². The van der Waals surface area contributed by atoms with Crippen LogP contribution in [0.25, 0.3) is 0 Å². The van der Waals surface area contributed by atoms with Gasteiger partial charge in [0.15, 0.2) is 0 Å². The zero-order valence-electron chi connectivity index (χ0n) is 10.3. The lowest BCUT2D eigenvalue weighted by Crippen LogP contribution is -2.46. The van der Waals surface area contributed by atoms with Gasteiger partial charge in [-0.15, -0.1) is 0 Å². The second-order valence-corrected chi connectivity index (χ2v) is 7.61. The topological polar surface area (TPSA) is 26.0 Å². The van der Waals surface area contributed by atoms with Gasteiger partial charge in [-0.3, -0.25) is 0 Å². The van der Waals surface area contributed by atoms with Crippen LogP contribution in [0.2, 0.25) is 0 Å². The number of hydrogen-bond acceptors (Lipinski definition) is 1. The van der Waals surface area contributed by atoms with Crippen molar-refractivity contribution in [3.63, 3.8) is 0 Å². The summed E-state index contributed by atoms with van der Waals surface area (Å²) in [6, 6.07) is 0. The fourth-order valence-corrected chi connectivity index (χ4v) is 5.95. The van der Waals surface area contributed by atoms with Crippen molar-refractivity contribution < 1.29 is 0 Å². The third-order valence-corrected chi connectivity index (χ3v) is 6.23. The summed E-state index contributed by atoms with van der Waals surface area (Å²) >= 11 is 0. The lowest BCUT2D eigenvalue weighted by atomic mass is 9.48. The summed E-state index contributed by atoms with van der Waals surface area (Å²) in [5.74, 6) is 5.32. The highest BCUT2D eigenvalue weighted by atomic mass is 14.6. The van der Waals surface area contributed by atoms with Gasteiger partial charge in [-0.2, -0.15) is 0 Å². The van der Waals surface area contributed by atoms with Gasteiger partial charge in [-0.1, -0.05) is 0 Å². The van der Waals surface area contributed by atoms with Crippen LogP contribution in [0, 0.1) is 35.0 Å². The predicted octanol–water partition coefficient (Wildman–Crippen LogP) is 3.19. The molecule has 16 heavy (non-hydrogen) atoms. The maximum Gasteiger partial charge on any atom is -0.00461 e. The molecule has 0 aromatic carbocycles. The SMILES string of the molecule is NC[C@@H]1C[C@H]1CC12CC3CC(CC(C3)C1)C2. The Balaban J connectivity index is 1.49. The van der Waals surface area contributed by atoms with Crippen LogP contribution in [0.3, 0.4) is 0 Å². The van der Waals surface area contributed by atoms with Crippen LogP contribution in [0.1, 0.15) is 51.4 Å². The van der Waals surface area contributed by atoms with Crippen molar-refractivity contribution >= 4 is 0 Å². The van der Waals surface area contributed by atoms with E-state index in [4.69, 9.17) is 5.73 Å². The molecule has 0 aromatic rings. The minimum absolute atomic E-state index is 0.809. The lowest BCUT2D eigenvalue weighted by molar-refractivity contribution is -0.0607. The number of hydrogen-bond donors (Lipinski definition) is 1. The van der Waals surface area contributed by atoms with Crippen LogP contribution in [-0.4, -0.2) is 6.54 Å². The maximum atomic E-state index is 5.79. The van der Waals surface area contributed by atoms with E-state index in [9.17, 15) is 0 Å². The van der Waals surface area contributed by atoms with Gasteiger partial charge < -0.3 is 5.73 Å². The minimum atomic E-state index is 0.809. The Labute approximate surface area is 99.2 Å². The second-order valence-electron chi connectivity index (χ2n) is 7.61. The molecular weight excluding hydrogens is 194 g/mol. The number of nitrogens with two attached hydrogens (primary N) is 1. The van der Waals surface area contributed by atoms with E-state index >= 15 is 0 Å². The molecule has 0 unspecified atom stereocenters. The van der Waals surface area contributed by atoms with E-state index in [0.717, 1.165) is 41.5 Å². The lowest BCUT2D eigenvalue weighted by Gasteiger charge is -2.57. The maximum absolute atomic E-state index is 5.79. The molecule has 4 bridgehead atoms. The summed E-state index contributed by atoms with van der Waals surface area (Å²) in [5.41, 5.74) is 6.60. The molecule has 0 saturated heterocycles. The molecule has 1 nitrogen and oxygen atoms in total. The molecule has 0 aromatic heterocycles. The van der Waals surface area contributed by atoms with Gasteiger partial charge in [0, 0.05) is 0 Å². The standard InChI is InChI=1S/C15H25N/c16-9-14-4-13(14)8-15-5-10-1-11(6-15)3-12(2-10)7-15/h10-14H,1-9,16H2/t10?,11?,12?,13-,14-,15?/m0/s1. The summed E-state index contributed by atoms with van der Waals surface area (Å²) in [4.78, 5) is 0. The van der Waals surface area contributed by atoms with E-state index in [-0.39, 0.29) is 0 Å². The Morgan fingerprint density at radius 1 is 0.812 bits per heavy atom. The average Bonchev–Trinajstić information content (AvgIpc) is 2.93. The van der Waals surface area contributed by atoms with Crippen LogP contribution < -0.4 is 5.73 Å². The van der Waals surface area contributed by atoms with Gasteiger partial charge in [-0.05, 0) is 92.9 Å². The first-order chi connectivity index (χ1) is 7.76. The predicted molar refractivity (Wildman–Crippen MR) is 65.9 cm³/mol. The molecule has 0 spiro atoms. The van der Waals surface area contributed by atoms with Crippen molar-refractivity contribution in [1.29, 1.82) is 0 Å². The molecule has 5 rings (SSSR count). The van der Waals surface area contributed by atoms with Crippen molar-refractivity contribution in [3.8, 4) is 0 Å². The Morgan fingerprint density at radius 3 is 1.81 bits per heavy atom. The summed E-state index contributed by atoms with van der Waals surface area (Å²) in [6.45, 7) is 0.955. The molecule has 90 valence electrons. The highest BCUT2D eigenvalue weighted by molar-refractivity contribution is 5.04. The van der Waals surface area contributed by atoms with Crippen molar-refractivity contribution in [2.75, 3.05) is 6.54 Å². The van der Waals surface area contributed by atoms with Gasteiger partial charge in [0.1, 0.15) is 0 Å². The van der Waals surface area contributed by atoms with Gasteiger partial charge in [0.25, 0.3) is 0 Å². The summed E-state index contributed by atoms with van der Waals surface area (Å²) in [6.07, 6.45) is 12.5. The Hall–Kier alpha value is -0.0400. The molecule has 5 saturated carbocycles. The first kappa shape index (κ1) is 9.94. The highest BCUT2D eigenvalue weighted by Gasteiger charge is 2.53. The Kier molecular flexibility index (Phi) is 2.02. The van der Waals surface area contributed by atoms with Crippen LogP contribution in [-0.2, 0) is 0 Å². The molecule has 5 aliphatic carbocycles. The normalized spacial score (nSPS) is 57.9. The zero-order chi connectivity index (χ0) is 10.8. The minimum Gasteiger partial charge on any atom is -0.330 e. The van der Waals surface area contributed by atoms with Crippen LogP contribution >= 0.6 is 0 Å². The molecule has 2 atom stereocenters. The van der Waals surface area contributed by atoms with E-state index in [0.29, 0.717) is 0 Å². The third kappa shape index (κ3) is 1.47. The molecule has 0 aliphatic heterocycles. The fourth-order valence-electron chi connectivity index (χ4n) is 5.95. The molecule has 5 aliphatic rings.